The maximum absolute atomic E-state index is 13.4. The Kier molecular flexibility index (Phi) is 5.54. The minimum atomic E-state index is -4.44. The third-order valence-electron chi connectivity index (χ3n) is 10.2. The molecule has 4 saturated carbocycles. The summed E-state index contributed by atoms with van der Waals surface area (Å²) in [7, 11) is 0. The molecule has 7 heteroatoms. The lowest BCUT2D eigenvalue weighted by Crippen LogP contribution is -2.51. The highest BCUT2D eigenvalue weighted by atomic mass is 19.4. The van der Waals surface area contributed by atoms with Gasteiger partial charge in [0.2, 0.25) is 0 Å². The van der Waals surface area contributed by atoms with Gasteiger partial charge >= 0.3 is 6.18 Å². The van der Waals surface area contributed by atoms with Gasteiger partial charge in [-0.2, -0.15) is 18.3 Å². The van der Waals surface area contributed by atoms with Crippen LogP contribution < -0.4 is 0 Å². The lowest BCUT2D eigenvalue weighted by atomic mass is 9.48. The van der Waals surface area contributed by atoms with Crippen LogP contribution in [0, 0.1) is 46.8 Å². The summed E-state index contributed by atoms with van der Waals surface area (Å²) in [5.41, 5.74) is -1.40. The highest BCUT2D eigenvalue weighted by Crippen LogP contribution is 2.66. The van der Waals surface area contributed by atoms with E-state index in [1.807, 2.05) is 6.92 Å². The molecule has 1 aromatic rings. The zero-order valence-corrected chi connectivity index (χ0v) is 19.9. The van der Waals surface area contributed by atoms with E-state index in [-0.39, 0.29) is 23.7 Å². The second-order valence-electron chi connectivity index (χ2n) is 12.3. The zero-order valence-electron chi connectivity index (χ0n) is 19.9. The van der Waals surface area contributed by atoms with Crippen LogP contribution in [0.15, 0.2) is 12.4 Å². The number of hydrogen-bond acceptors (Lipinski definition) is 3. The number of aliphatic hydroxyl groups is 1. The topological polar surface area (TPSA) is 55.1 Å². The summed E-state index contributed by atoms with van der Waals surface area (Å²) >= 11 is 0. The average Bonchev–Trinajstić information content (AvgIpc) is 3.29. The molecule has 5 rings (SSSR count). The van der Waals surface area contributed by atoms with Crippen molar-refractivity contribution in [2.75, 3.05) is 0 Å². The Balaban J connectivity index is 1.32. The average molecular weight is 467 g/mol. The molecule has 1 aromatic heterocycles. The van der Waals surface area contributed by atoms with Gasteiger partial charge in [-0.05, 0) is 99.2 Å². The summed E-state index contributed by atoms with van der Waals surface area (Å²) in [5, 5.41) is 14.4. The molecule has 1 N–H and O–H groups in total. The maximum atomic E-state index is 13.4. The minimum Gasteiger partial charge on any atom is -0.390 e. The maximum Gasteiger partial charge on any atom is 0.419 e. The van der Waals surface area contributed by atoms with E-state index in [1.165, 1.54) is 12.8 Å². The highest BCUT2D eigenvalue weighted by Gasteiger charge is 2.61. The number of Topliss-reactive ketones (excluding diaryl/α,β-unsaturated/α-hetero) is 1. The Bertz CT molecular complexity index is 910. The minimum absolute atomic E-state index is 0.0320. The number of rotatable bonds is 3. The second-order valence-corrected chi connectivity index (χ2v) is 12.3. The number of aromatic nitrogens is 2. The summed E-state index contributed by atoms with van der Waals surface area (Å²) in [6.07, 6.45) is 5.58. The quantitative estimate of drug-likeness (QED) is 0.618. The first kappa shape index (κ1) is 23.4. The van der Waals surface area contributed by atoms with Gasteiger partial charge in [-0.3, -0.25) is 9.48 Å². The van der Waals surface area contributed by atoms with Crippen molar-refractivity contribution >= 4 is 5.78 Å². The molecule has 4 aliphatic carbocycles. The van der Waals surface area contributed by atoms with Gasteiger partial charge in [0.15, 0.2) is 5.78 Å². The standard InChI is InChI=1S/C26H37F3N2O2/c1-15-10-21(22(32)14-31-13-17(12-30-31)26(27,28)29)25(3)9-7-19-18-6-8-24(2,33)11-16(18)4-5-20(19)23(15)25/h12-13,15-16,18-21,23,33H,4-11,14H2,1-3H3/t15?,16-,18+,19-,20-,21-,23+,24-,25-/m1/s1. The monoisotopic (exact) mass is 466 g/mol. The normalized spacial score (nSPS) is 45.2. The molecule has 1 unspecified atom stereocenters. The van der Waals surface area contributed by atoms with E-state index < -0.39 is 17.3 Å². The Hall–Kier alpha value is -1.37. The molecule has 0 radical (unpaired) electrons. The molecule has 9 atom stereocenters. The van der Waals surface area contributed by atoms with Crippen LogP contribution in [-0.4, -0.2) is 26.3 Å². The van der Waals surface area contributed by atoms with E-state index >= 15 is 0 Å². The summed E-state index contributed by atoms with van der Waals surface area (Å²) in [4.78, 5) is 13.4. The van der Waals surface area contributed by atoms with Gasteiger partial charge in [-0.15, -0.1) is 0 Å². The third-order valence-corrected chi connectivity index (χ3v) is 10.2. The third kappa shape index (κ3) is 3.96. The van der Waals surface area contributed by atoms with E-state index in [0.717, 1.165) is 55.6 Å². The predicted molar refractivity (Wildman–Crippen MR) is 118 cm³/mol. The van der Waals surface area contributed by atoms with E-state index in [4.69, 9.17) is 0 Å². The SMILES string of the molecule is CC1C[C@H](C(=O)Cn2cc(C(F)(F)F)cn2)[C@@]2(C)CC[C@H]3[C@@H](CC[C@@H]4C[C@](C)(O)CC[C@@H]43)[C@H]12. The van der Waals surface area contributed by atoms with Gasteiger partial charge in [-0.1, -0.05) is 13.8 Å². The molecule has 0 aliphatic heterocycles. The van der Waals surface area contributed by atoms with Gasteiger partial charge in [-0.25, -0.2) is 0 Å². The van der Waals surface area contributed by atoms with Crippen molar-refractivity contribution in [3.63, 3.8) is 0 Å². The van der Waals surface area contributed by atoms with Gasteiger partial charge in [0.05, 0.1) is 23.9 Å². The van der Waals surface area contributed by atoms with Crippen LogP contribution in [-0.2, 0) is 17.5 Å². The summed E-state index contributed by atoms with van der Waals surface area (Å²) in [6, 6.07) is 0. The van der Waals surface area contributed by atoms with Crippen molar-refractivity contribution in [3.8, 4) is 0 Å². The van der Waals surface area contributed by atoms with Crippen LogP contribution >= 0.6 is 0 Å². The van der Waals surface area contributed by atoms with Crippen molar-refractivity contribution in [2.24, 2.45) is 46.8 Å². The molecule has 0 saturated heterocycles. The van der Waals surface area contributed by atoms with Crippen LogP contribution in [0.2, 0.25) is 0 Å². The van der Waals surface area contributed by atoms with Crippen LogP contribution in [0.3, 0.4) is 0 Å². The molecule has 1 heterocycles. The van der Waals surface area contributed by atoms with Gasteiger partial charge in [0, 0.05) is 12.1 Å². The Morgan fingerprint density at radius 2 is 1.88 bits per heavy atom. The fourth-order valence-corrected chi connectivity index (χ4v) is 8.99. The van der Waals surface area contributed by atoms with Crippen molar-refractivity contribution in [3.05, 3.63) is 18.0 Å². The fourth-order valence-electron chi connectivity index (χ4n) is 8.99. The Morgan fingerprint density at radius 3 is 2.58 bits per heavy atom. The Morgan fingerprint density at radius 1 is 1.15 bits per heavy atom. The molecular formula is C26H37F3N2O2. The highest BCUT2D eigenvalue weighted by molar-refractivity contribution is 5.82. The zero-order chi connectivity index (χ0) is 23.8. The molecule has 0 aromatic carbocycles. The molecule has 0 spiro atoms. The van der Waals surface area contributed by atoms with Crippen molar-refractivity contribution in [2.45, 2.75) is 90.5 Å². The largest absolute Gasteiger partial charge is 0.419 e. The number of carbonyl (C=O) groups excluding carboxylic acids is 1. The van der Waals surface area contributed by atoms with Crippen molar-refractivity contribution in [1.29, 1.82) is 0 Å². The van der Waals surface area contributed by atoms with Crippen molar-refractivity contribution in [1.82, 2.24) is 9.78 Å². The Labute approximate surface area is 194 Å². The van der Waals surface area contributed by atoms with E-state index in [1.54, 1.807) is 0 Å². The molecular weight excluding hydrogens is 429 g/mol. The molecule has 4 aliphatic rings. The van der Waals surface area contributed by atoms with Gasteiger partial charge < -0.3 is 5.11 Å². The molecule has 184 valence electrons. The summed E-state index contributed by atoms with van der Waals surface area (Å²) < 4.78 is 40.0. The van der Waals surface area contributed by atoms with E-state index in [9.17, 15) is 23.1 Å². The number of fused-ring (bicyclic) bond motifs is 5. The van der Waals surface area contributed by atoms with E-state index in [2.05, 4.69) is 18.9 Å². The van der Waals surface area contributed by atoms with Crippen molar-refractivity contribution < 1.29 is 23.1 Å². The lowest BCUT2D eigenvalue weighted by Gasteiger charge is -2.57. The van der Waals surface area contributed by atoms with Gasteiger partial charge in [0.1, 0.15) is 0 Å². The number of hydrogen-bond donors (Lipinski definition) is 1. The number of halogens is 3. The predicted octanol–water partition coefficient (Wildman–Crippen LogP) is 5.74. The van der Waals surface area contributed by atoms with Crippen LogP contribution in [0.25, 0.3) is 0 Å². The van der Waals surface area contributed by atoms with Crippen LogP contribution in [0.5, 0.6) is 0 Å². The van der Waals surface area contributed by atoms with Crippen LogP contribution in [0.1, 0.15) is 77.7 Å². The summed E-state index contributed by atoms with van der Waals surface area (Å²) in [6.45, 7) is 6.47. The van der Waals surface area contributed by atoms with E-state index in [0.29, 0.717) is 35.5 Å². The fraction of sp³-hybridized carbons (Fsp3) is 0.846. The van der Waals surface area contributed by atoms with Gasteiger partial charge in [0.25, 0.3) is 0 Å². The number of nitrogens with zero attached hydrogens (tertiary/aromatic N) is 2. The second kappa shape index (κ2) is 7.82. The molecule has 4 nitrogen and oxygen atoms in total. The van der Waals surface area contributed by atoms with Crippen LogP contribution in [0.4, 0.5) is 13.2 Å². The number of alkyl halides is 3. The molecule has 0 bridgehead atoms. The molecule has 4 fully saturated rings. The summed E-state index contributed by atoms with van der Waals surface area (Å²) in [5.74, 6) is 3.50. The molecule has 33 heavy (non-hydrogen) atoms. The first-order valence-corrected chi connectivity index (χ1v) is 12.7. The molecule has 0 amide bonds. The smallest absolute Gasteiger partial charge is 0.390 e. The first-order chi connectivity index (χ1) is 15.4. The number of ketones is 1. The number of carbonyl (C=O) groups is 1. The lowest BCUT2D eigenvalue weighted by molar-refractivity contribution is -0.138. The first-order valence-electron chi connectivity index (χ1n) is 12.7.